The molecule has 0 radical (unpaired) electrons. The van der Waals surface area contributed by atoms with Gasteiger partial charge in [-0.25, -0.2) is 9.59 Å². The van der Waals surface area contributed by atoms with Gasteiger partial charge >= 0.3 is 11.9 Å². The van der Waals surface area contributed by atoms with Crippen LogP contribution in [0.4, 0.5) is 5.69 Å². The van der Waals surface area contributed by atoms with Gasteiger partial charge in [0.1, 0.15) is 11.5 Å². The summed E-state index contributed by atoms with van der Waals surface area (Å²) < 4.78 is 21.7. The fourth-order valence-electron chi connectivity index (χ4n) is 6.03. The molecule has 288 valence electrons. The predicted octanol–water partition coefficient (Wildman–Crippen LogP) is 10.8. The molecule has 0 aliphatic heterocycles. The van der Waals surface area contributed by atoms with E-state index in [2.05, 4.69) is 12.2 Å². The van der Waals surface area contributed by atoms with E-state index >= 15 is 0 Å². The van der Waals surface area contributed by atoms with Crippen molar-refractivity contribution in [2.24, 2.45) is 0 Å². The van der Waals surface area contributed by atoms with Crippen molar-refractivity contribution >= 4 is 40.9 Å². The van der Waals surface area contributed by atoms with Gasteiger partial charge in [-0.3, -0.25) is 9.59 Å². The molecule has 3 rings (SSSR count). The second-order valence-electron chi connectivity index (χ2n) is 13.2. The lowest BCUT2D eigenvalue weighted by Crippen LogP contribution is -2.40. The predicted molar refractivity (Wildman–Crippen MR) is 209 cm³/mol. The summed E-state index contributed by atoms with van der Waals surface area (Å²) >= 11 is 6.30. The molecule has 0 spiro atoms. The molecule has 53 heavy (non-hydrogen) atoms. The quantitative estimate of drug-likeness (QED) is 0.0373. The van der Waals surface area contributed by atoms with Crippen molar-refractivity contribution in [3.8, 4) is 11.5 Å². The number of hydrogen-bond acceptors (Lipinski definition) is 8. The number of ketones is 1. The van der Waals surface area contributed by atoms with Crippen molar-refractivity contribution in [3.05, 3.63) is 88.4 Å². The molecule has 0 fully saturated rings. The van der Waals surface area contributed by atoms with Gasteiger partial charge in [-0.1, -0.05) is 139 Å². The number of unbranched alkanes of at least 4 members (excludes halogenated alkanes) is 15. The Kier molecular flexibility index (Phi) is 20.1. The second-order valence-corrected chi connectivity index (χ2v) is 13.6. The number of esters is 2. The van der Waals surface area contributed by atoms with E-state index in [1.807, 2.05) is 0 Å². The zero-order valence-electron chi connectivity index (χ0n) is 31.6. The van der Waals surface area contributed by atoms with Gasteiger partial charge in [0.15, 0.2) is 0 Å². The highest BCUT2D eigenvalue weighted by Gasteiger charge is 2.33. The lowest BCUT2D eigenvalue weighted by atomic mass is 10.0. The van der Waals surface area contributed by atoms with Gasteiger partial charge in [0.05, 0.1) is 48.2 Å². The van der Waals surface area contributed by atoms with Gasteiger partial charge in [-0.15, -0.1) is 0 Å². The van der Waals surface area contributed by atoms with Crippen LogP contribution in [0.3, 0.4) is 0 Å². The van der Waals surface area contributed by atoms with Crippen LogP contribution in [0.2, 0.25) is 5.02 Å². The number of methoxy groups -OCH3 is 2. The lowest BCUT2D eigenvalue weighted by molar-refractivity contribution is -0.120. The van der Waals surface area contributed by atoms with Crippen molar-refractivity contribution in [1.82, 2.24) is 0 Å². The minimum atomic E-state index is -1.76. The van der Waals surface area contributed by atoms with Crippen LogP contribution in [-0.4, -0.2) is 50.6 Å². The molecule has 1 atom stereocenters. The number of benzene rings is 3. The Balaban J connectivity index is 1.59. The van der Waals surface area contributed by atoms with Gasteiger partial charge in [0.25, 0.3) is 5.91 Å². The van der Waals surface area contributed by atoms with Crippen LogP contribution < -0.4 is 14.8 Å². The molecule has 0 heterocycles. The monoisotopic (exact) mass is 749 g/mol. The fraction of sp³-hybridized carbons (Fsp3) is 0.488. The summed E-state index contributed by atoms with van der Waals surface area (Å²) in [6, 6.07) is 17.1. The average molecular weight is 750 g/mol. The number of anilines is 1. The molecule has 3 aromatic rings. The summed E-state index contributed by atoms with van der Waals surface area (Å²) in [5.41, 5.74) is 0.337. The first-order valence-electron chi connectivity index (χ1n) is 19.1. The van der Waals surface area contributed by atoms with Crippen LogP contribution in [0.15, 0.2) is 66.7 Å². The van der Waals surface area contributed by atoms with Crippen LogP contribution in [-0.2, 0) is 14.3 Å². The molecule has 0 bridgehead atoms. The molecule has 3 aromatic carbocycles. The van der Waals surface area contributed by atoms with E-state index in [0.29, 0.717) is 12.4 Å². The largest absolute Gasteiger partial charge is 0.493 e. The first kappa shape index (κ1) is 43.0. The number of amides is 1. The second kappa shape index (κ2) is 24.8. The number of rotatable bonds is 26. The molecule has 0 saturated carbocycles. The number of carbonyl (C=O) groups is 4. The van der Waals surface area contributed by atoms with Gasteiger partial charge in [-0.2, -0.15) is 0 Å². The zero-order chi connectivity index (χ0) is 38.3. The van der Waals surface area contributed by atoms with E-state index in [0.717, 1.165) is 19.3 Å². The number of halogens is 1. The van der Waals surface area contributed by atoms with Crippen molar-refractivity contribution < 1.29 is 38.1 Å². The van der Waals surface area contributed by atoms with Gasteiger partial charge < -0.3 is 24.3 Å². The highest BCUT2D eigenvalue weighted by atomic mass is 35.5. The van der Waals surface area contributed by atoms with Gasteiger partial charge in [0, 0.05) is 0 Å². The fourth-order valence-corrected chi connectivity index (χ4v) is 6.21. The molecule has 9 nitrogen and oxygen atoms in total. The average Bonchev–Trinajstić information content (AvgIpc) is 3.18. The number of ether oxygens (including phenoxy) is 4. The highest BCUT2D eigenvalue weighted by Crippen LogP contribution is 2.27. The summed E-state index contributed by atoms with van der Waals surface area (Å²) in [6.07, 6.45) is 18.5. The number of Topliss-reactive ketones (excluding diaryl/α,β-unsaturated/α-hetero) is 1. The van der Waals surface area contributed by atoms with Crippen LogP contribution >= 0.6 is 11.6 Å². The summed E-state index contributed by atoms with van der Waals surface area (Å²) in [6.45, 7) is 2.67. The minimum absolute atomic E-state index is 0.0364. The van der Waals surface area contributed by atoms with E-state index in [9.17, 15) is 19.2 Å². The maximum Gasteiger partial charge on any atom is 0.338 e. The molecule has 0 aromatic heterocycles. The first-order valence-corrected chi connectivity index (χ1v) is 19.5. The molecule has 1 N–H and O–H groups in total. The molecule has 0 saturated heterocycles. The molecule has 1 amide bonds. The Labute approximate surface area is 320 Å². The van der Waals surface area contributed by atoms with E-state index in [1.165, 1.54) is 116 Å². The van der Waals surface area contributed by atoms with Gasteiger partial charge in [-0.05, 0) is 48.9 Å². The standard InChI is InChI=1S/C43H56ClNO8/c1-4-5-6-7-8-9-10-11-12-13-14-15-16-17-18-23-28-52-38-27-22-19-24-35(38)39(46)40(41(47)45-37-26-21-20-25-36(37)44)53-34-30-32(42(48)50-2)29-33(31-34)43(49)51-3/h19-22,24-27,29-31,40H,4-18,23,28H2,1-3H3,(H,45,47)/t40-/m1/s1. The van der Waals surface area contributed by atoms with Crippen molar-refractivity contribution in [1.29, 1.82) is 0 Å². The Morgan fingerprint density at radius 2 is 1.13 bits per heavy atom. The van der Waals surface area contributed by atoms with Crippen LogP contribution in [0.1, 0.15) is 141 Å². The molecule has 0 aliphatic carbocycles. The van der Waals surface area contributed by atoms with E-state index < -0.39 is 29.7 Å². The number of nitrogens with one attached hydrogen (secondary N) is 1. The van der Waals surface area contributed by atoms with Gasteiger partial charge in [0.2, 0.25) is 11.9 Å². The van der Waals surface area contributed by atoms with E-state index in [-0.39, 0.29) is 33.1 Å². The summed E-state index contributed by atoms with van der Waals surface area (Å²) in [5, 5.41) is 2.92. The Bertz CT molecular complexity index is 1560. The van der Waals surface area contributed by atoms with Crippen molar-refractivity contribution in [2.75, 3.05) is 26.1 Å². The molecule has 10 heteroatoms. The van der Waals surface area contributed by atoms with Crippen molar-refractivity contribution in [2.45, 2.75) is 116 Å². The van der Waals surface area contributed by atoms with Crippen LogP contribution in [0, 0.1) is 0 Å². The molecular weight excluding hydrogens is 694 g/mol. The lowest BCUT2D eigenvalue weighted by Gasteiger charge is -2.20. The maximum absolute atomic E-state index is 14.1. The van der Waals surface area contributed by atoms with E-state index in [1.54, 1.807) is 48.5 Å². The third-order valence-electron chi connectivity index (χ3n) is 9.02. The SMILES string of the molecule is CCCCCCCCCCCCCCCCCCOc1ccccc1C(=O)[C@@H](Oc1cc(C(=O)OC)cc(C(=O)OC)c1)C(=O)Nc1ccccc1Cl. The Morgan fingerprint density at radius 3 is 1.66 bits per heavy atom. The van der Waals surface area contributed by atoms with E-state index in [4.69, 9.17) is 30.5 Å². The third-order valence-corrected chi connectivity index (χ3v) is 9.35. The smallest absolute Gasteiger partial charge is 0.338 e. The Morgan fingerprint density at radius 1 is 0.642 bits per heavy atom. The number of carbonyl (C=O) groups excluding carboxylic acids is 4. The number of hydrogen-bond donors (Lipinski definition) is 1. The van der Waals surface area contributed by atoms with Crippen LogP contribution in [0.5, 0.6) is 11.5 Å². The summed E-state index contributed by atoms with van der Waals surface area (Å²) in [5.74, 6) is -2.81. The summed E-state index contributed by atoms with van der Waals surface area (Å²) in [4.78, 5) is 52.7. The topological polar surface area (TPSA) is 117 Å². The Hall–Kier alpha value is -4.37. The third kappa shape index (κ3) is 15.3. The van der Waals surface area contributed by atoms with Crippen LogP contribution in [0.25, 0.3) is 0 Å². The van der Waals surface area contributed by atoms with Crippen molar-refractivity contribution in [3.63, 3.8) is 0 Å². The molecule has 0 aliphatic rings. The highest BCUT2D eigenvalue weighted by molar-refractivity contribution is 6.34. The maximum atomic E-state index is 14.1. The molecular formula is C43H56ClNO8. The minimum Gasteiger partial charge on any atom is -0.493 e. The number of para-hydroxylation sites is 2. The normalized spacial score (nSPS) is 11.4. The first-order chi connectivity index (χ1) is 25.8. The summed E-state index contributed by atoms with van der Waals surface area (Å²) in [7, 11) is 2.38. The zero-order valence-corrected chi connectivity index (χ0v) is 32.3. The molecule has 0 unspecified atom stereocenters.